The number of hydrogen-bond donors (Lipinski definition) is 1. The summed E-state index contributed by atoms with van der Waals surface area (Å²) >= 11 is 0. The minimum atomic E-state index is -4.81. The zero-order chi connectivity index (χ0) is 20.9. The van der Waals surface area contributed by atoms with Crippen molar-refractivity contribution >= 4 is 11.0 Å². The molecule has 150 valence electrons. The molecule has 0 spiro atoms. The predicted octanol–water partition coefficient (Wildman–Crippen LogP) is 2.32. The molecule has 3 aromatic heterocycles. The minimum Gasteiger partial charge on any atom is -0.406 e. The summed E-state index contributed by atoms with van der Waals surface area (Å²) < 4.78 is 45.1. The molecule has 8 nitrogen and oxygen atoms in total. The van der Waals surface area contributed by atoms with Crippen molar-refractivity contribution in [2.24, 2.45) is 14.1 Å². The number of benzene rings is 1. The SMILES string of the molecule is Cn1cc(-c2cn(-c3ccc(OC(F)(F)F)cc3)c(=O)c3[nH]c(=O)n(C)c23)cn1. The van der Waals surface area contributed by atoms with E-state index in [9.17, 15) is 22.8 Å². The van der Waals surface area contributed by atoms with Crippen LogP contribution in [0.1, 0.15) is 0 Å². The zero-order valence-corrected chi connectivity index (χ0v) is 15.2. The lowest BCUT2D eigenvalue weighted by Crippen LogP contribution is -2.19. The lowest BCUT2D eigenvalue weighted by atomic mass is 10.1. The highest BCUT2D eigenvalue weighted by Gasteiger charge is 2.31. The molecule has 4 rings (SSSR count). The fraction of sp³-hybridized carbons (Fsp3) is 0.167. The van der Waals surface area contributed by atoms with E-state index in [4.69, 9.17) is 0 Å². The van der Waals surface area contributed by atoms with Crippen LogP contribution in [0.3, 0.4) is 0 Å². The number of imidazole rings is 1. The van der Waals surface area contributed by atoms with Gasteiger partial charge in [-0.15, -0.1) is 13.2 Å². The van der Waals surface area contributed by atoms with Crippen molar-refractivity contribution in [1.29, 1.82) is 0 Å². The van der Waals surface area contributed by atoms with Crippen LogP contribution >= 0.6 is 0 Å². The van der Waals surface area contributed by atoms with Gasteiger partial charge < -0.3 is 9.72 Å². The molecular weight excluding hydrogens is 391 g/mol. The molecular formula is C18H14F3N5O3. The Bertz CT molecular complexity index is 1330. The number of H-pyrrole nitrogens is 1. The topological polar surface area (TPSA) is 86.8 Å². The van der Waals surface area contributed by atoms with Gasteiger partial charge in [-0.3, -0.25) is 18.6 Å². The van der Waals surface area contributed by atoms with Gasteiger partial charge in [0.1, 0.15) is 11.3 Å². The highest BCUT2D eigenvalue weighted by atomic mass is 19.4. The highest BCUT2D eigenvalue weighted by Crippen LogP contribution is 2.27. The molecule has 0 fully saturated rings. The molecule has 0 unspecified atom stereocenters. The third kappa shape index (κ3) is 3.30. The first-order valence-corrected chi connectivity index (χ1v) is 8.33. The highest BCUT2D eigenvalue weighted by molar-refractivity contribution is 5.91. The van der Waals surface area contributed by atoms with Gasteiger partial charge in [0.25, 0.3) is 5.56 Å². The number of aromatic nitrogens is 5. The molecule has 3 heterocycles. The first kappa shape index (κ1) is 18.6. The molecule has 11 heteroatoms. The van der Waals surface area contributed by atoms with Crippen molar-refractivity contribution in [2.45, 2.75) is 6.36 Å². The van der Waals surface area contributed by atoms with Gasteiger partial charge >= 0.3 is 12.1 Å². The Morgan fingerprint density at radius 2 is 1.76 bits per heavy atom. The molecule has 29 heavy (non-hydrogen) atoms. The zero-order valence-electron chi connectivity index (χ0n) is 15.2. The number of halogens is 3. The van der Waals surface area contributed by atoms with Gasteiger partial charge in [0, 0.05) is 43.3 Å². The molecule has 1 N–H and O–H groups in total. The number of fused-ring (bicyclic) bond motifs is 1. The van der Waals surface area contributed by atoms with E-state index in [1.54, 1.807) is 24.1 Å². The third-order valence-electron chi connectivity index (χ3n) is 4.42. The maximum Gasteiger partial charge on any atom is 0.573 e. The molecule has 0 saturated carbocycles. The number of aromatic amines is 1. The number of alkyl halides is 3. The van der Waals surface area contributed by atoms with Crippen molar-refractivity contribution in [3.05, 3.63) is 63.7 Å². The van der Waals surface area contributed by atoms with E-state index >= 15 is 0 Å². The second kappa shape index (κ2) is 6.40. The van der Waals surface area contributed by atoms with E-state index in [1.165, 1.54) is 34.5 Å². The smallest absolute Gasteiger partial charge is 0.406 e. The van der Waals surface area contributed by atoms with Gasteiger partial charge in [-0.1, -0.05) is 0 Å². The van der Waals surface area contributed by atoms with Crippen LogP contribution in [0.15, 0.2) is 52.4 Å². The standard InChI is InChI=1S/C18H14F3N5O3/c1-24-8-10(7-22-24)13-9-26(16(27)14-15(13)25(2)17(28)23-14)11-3-5-12(6-4-11)29-18(19,20)21/h3-9H,1-2H3,(H,23,28). The van der Waals surface area contributed by atoms with Crippen molar-refractivity contribution in [2.75, 3.05) is 0 Å². The van der Waals surface area contributed by atoms with Crippen LogP contribution < -0.4 is 16.0 Å². The lowest BCUT2D eigenvalue weighted by Gasteiger charge is -2.12. The molecule has 0 aliphatic heterocycles. The van der Waals surface area contributed by atoms with Crippen molar-refractivity contribution in [3.63, 3.8) is 0 Å². The van der Waals surface area contributed by atoms with E-state index in [-0.39, 0.29) is 5.52 Å². The van der Waals surface area contributed by atoms with Gasteiger partial charge in [0.15, 0.2) is 0 Å². The molecule has 0 radical (unpaired) electrons. The Hall–Kier alpha value is -3.76. The number of hydrogen-bond acceptors (Lipinski definition) is 4. The quantitative estimate of drug-likeness (QED) is 0.567. The number of ether oxygens (including phenoxy) is 1. The molecule has 4 aromatic rings. The van der Waals surface area contributed by atoms with Gasteiger partial charge in [0.2, 0.25) is 0 Å². The van der Waals surface area contributed by atoms with E-state index < -0.39 is 23.4 Å². The summed E-state index contributed by atoms with van der Waals surface area (Å²) in [5, 5.41) is 4.12. The van der Waals surface area contributed by atoms with Crippen LogP contribution in [0.2, 0.25) is 0 Å². The largest absolute Gasteiger partial charge is 0.573 e. The maximum atomic E-state index is 12.9. The Morgan fingerprint density at radius 1 is 1.07 bits per heavy atom. The first-order chi connectivity index (χ1) is 13.6. The first-order valence-electron chi connectivity index (χ1n) is 8.33. The molecule has 0 aliphatic carbocycles. The van der Waals surface area contributed by atoms with Crippen LogP contribution in [0, 0.1) is 0 Å². The Balaban J connectivity index is 1.93. The minimum absolute atomic E-state index is 0.0782. The molecule has 0 bridgehead atoms. The summed E-state index contributed by atoms with van der Waals surface area (Å²) in [6, 6.07) is 4.86. The van der Waals surface area contributed by atoms with Crippen LogP contribution in [0.4, 0.5) is 13.2 Å². The van der Waals surface area contributed by atoms with Crippen molar-refractivity contribution in [3.8, 4) is 22.6 Å². The summed E-state index contributed by atoms with van der Waals surface area (Å²) in [5.74, 6) is -0.407. The summed E-state index contributed by atoms with van der Waals surface area (Å²) in [5.41, 5.74) is 1.03. The predicted molar refractivity (Wildman–Crippen MR) is 98.0 cm³/mol. The van der Waals surface area contributed by atoms with Crippen LogP contribution in [0.25, 0.3) is 27.8 Å². The summed E-state index contributed by atoms with van der Waals surface area (Å²) in [6.45, 7) is 0. The second-order valence-electron chi connectivity index (χ2n) is 6.38. The summed E-state index contributed by atoms with van der Waals surface area (Å²) in [6.07, 6.45) is 0.0194. The van der Waals surface area contributed by atoms with Gasteiger partial charge in [-0.2, -0.15) is 5.10 Å². The molecule has 0 aliphatic rings. The van der Waals surface area contributed by atoms with Crippen LogP contribution in [-0.4, -0.2) is 30.3 Å². The van der Waals surface area contributed by atoms with Crippen molar-refractivity contribution < 1.29 is 17.9 Å². The van der Waals surface area contributed by atoms with E-state index in [2.05, 4.69) is 14.8 Å². The molecule has 0 saturated heterocycles. The summed E-state index contributed by atoms with van der Waals surface area (Å²) in [7, 11) is 3.26. The monoisotopic (exact) mass is 405 g/mol. The average Bonchev–Trinajstić information content (AvgIpc) is 3.20. The van der Waals surface area contributed by atoms with Crippen LogP contribution in [-0.2, 0) is 14.1 Å². The third-order valence-corrected chi connectivity index (χ3v) is 4.42. The maximum absolute atomic E-state index is 12.9. The van der Waals surface area contributed by atoms with Gasteiger partial charge in [0.05, 0.1) is 11.7 Å². The van der Waals surface area contributed by atoms with E-state index in [0.717, 1.165) is 12.1 Å². The Kier molecular flexibility index (Phi) is 4.10. The number of nitrogens with one attached hydrogen (secondary N) is 1. The Labute approximate surface area is 160 Å². The number of nitrogens with zero attached hydrogens (tertiary/aromatic N) is 4. The van der Waals surface area contributed by atoms with Gasteiger partial charge in [-0.25, -0.2) is 4.79 Å². The number of rotatable bonds is 3. The van der Waals surface area contributed by atoms with Gasteiger partial charge in [-0.05, 0) is 24.3 Å². The number of pyridine rings is 1. The Morgan fingerprint density at radius 3 is 2.34 bits per heavy atom. The molecule has 1 aromatic carbocycles. The fourth-order valence-electron chi connectivity index (χ4n) is 3.13. The van der Waals surface area contributed by atoms with E-state index in [1.807, 2.05) is 0 Å². The number of aryl methyl sites for hydroxylation is 2. The average molecular weight is 405 g/mol. The van der Waals surface area contributed by atoms with E-state index in [0.29, 0.717) is 22.3 Å². The van der Waals surface area contributed by atoms with Crippen LogP contribution in [0.5, 0.6) is 5.75 Å². The fourth-order valence-corrected chi connectivity index (χ4v) is 3.13. The lowest BCUT2D eigenvalue weighted by molar-refractivity contribution is -0.274. The summed E-state index contributed by atoms with van der Waals surface area (Å²) in [4.78, 5) is 27.6. The molecule has 0 amide bonds. The van der Waals surface area contributed by atoms with Crippen molar-refractivity contribution in [1.82, 2.24) is 23.9 Å². The second-order valence-corrected chi connectivity index (χ2v) is 6.38. The normalized spacial score (nSPS) is 11.9. The molecule has 0 atom stereocenters.